The molecule has 0 saturated carbocycles. The third-order valence-corrected chi connectivity index (χ3v) is 3.14. The Kier molecular flexibility index (Phi) is 3.05. The van der Waals surface area contributed by atoms with Crippen molar-refractivity contribution in [2.24, 2.45) is 0 Å². The molecule has 0 saturated heterocycles. The molecule has 5 heteroatoms. The van der Waals surface area contributed by atoms with Gasteiger partial charge in [-0.25, -0.2) is 0 Å². The SMILES string of the molecule is N#Cc1cc(N)ccc1NC(=O)c1coc2ccccc12. The molecule has 0 spiro atoms. The smallest absolute Gasteiger partial charge is 0.259 e. The van der Waals surface area contributed by atoms with Gasteiger partial charge >= 0.3 is 0 Å². The van der Waals surface area contributed by atoms with E-state index < -0.39 is 0 Å². The van der Waals surface area contributed by atoms with Crippen LogP contribution in [0.25, 0.3) is 11.0 Å². The Labute approximate surface area is 120 Å². The normalized spacial score (nSPS) is 10.2. The largest absolute Gasteiger partial charge is 0.463 e. The maximum Gasteiger partial charge on any atom is 0.259 e. The molecule has 0 aliphatic heterocycles. The number of nitrogens with one attached hydrogen (secondary N) is 1. The van der Waals surface area contributed by atoms with Gasteiger partial charge in [0.2, 0.25) is 0 Å². The lowest BCUT2D eigenvalue weighted by molar-refractivity contribution is 0.102. The Morgan fingerprint density at radius 1 is 1.24 bits per heavy atom. The highest BCUT2D eigenvalue weighted by Crippen LogP contribution is 2.23. The molecule has 3 rings (SSSR count). The number of benzene rings is 2. The molecule has 3 aromatic rings. The zero-order valence-electron chi connectivity index (χ0n) is 11.0. The van der Waals surface area contributed by atoms with Crippen molar-refractivity contribution < 1.29 is 9.21 Å². The lowest BCUT2D eigenvalue weighted by Gasteiger charge is -2.06. The van der Waals surface area contributed by atoms with E-state index >= 15 is 0 Å². The molecule has 0 unspecified atom stereocenters. The molecule has 2 aromatic carbocycles. The molecule has 1 heterocycles. The summed E-state index contributed by atoms with van der Waals surface area (Å²) >= 11 is 0. The van der Waals surface area contributed by atoms with Gasteiger partial charge in [0.15, 0.2) is 0 Å². The van der Waals surface area contributed by atoms with E-state index in [-0.39, 0.29) is 5.91 Å². The molecule has 1 aromatic heterocycles. The summed E-state index contributed by atoms with van der Waals surface area (Å²) < 4.78 is 5.34. The topological polar surface area (TPSA) is 92.0 Å². The molecule has 102 valence electrons. The fourth-order valence-electron chi connectivity index (χ4n) is 2.11. The summed E-state index contributed by atoms with van der Waals surface area (Å²) in [6.45, 7) is 0. The highest BCUT2D eigenvalue weighted by atomic mass is 16.3. The molecule has 21 heavy (non-hydrogen) atoms. The van der Waals surface area contributed by atoms with Crippen molar-refractivity contribution in [3.8, 4) is 6.07 Å². The number of rotatable bonds is 2. The Morgan fingerprint density at radius 2 is 2.05 bits per heavy atom. The minimum absolute atomic E-state index is 0.316. The van der Waals surface area contributed by atoms with Gasteiger partial charge in [0, 0.05) is 11.1 Å². The third kappa shape index (κ3) is 2.30. The number of anilines is 2. The number of carbonyl (C=O) groups excluding carboxylic acids is 1. The summed E-state index contributed by atoms with van der Waals surface area (Å²) in [5.41, 5.74) is 7.89. The fourth-order valence-corrected chi connectivity index (χ4v) is 2.11. The van der Waals surface area contributed by atoms with Crippen LogP contribution in [0.2, 0.25) is 0 Å². The van der Waals surface area contributed by atoms with Crippen molar-refractivity contribution in [3.63, 3.8) is 0 Å². The molecule has 1 amide bonds. The maximum atomic E-state index is 12.3. The van der Waals surface area contributed by atoms with Crippen LogP contribution in [0.15, 0.2) is 53.1 Å². The summed E-state index contributed by atoms with van der Waals surface area (Å²) in [5, 5.41) is 12.5. The standard InChI is InChI=1S/C16H11N3O2/c17-8-10-7-11(18)5-6-14(10)19-16(20)13-9-21-15-4-2-1-3-12(13)15/h1-7,9H,18H2,(H,19,20). The molecule has 0 radical (unpaired) electrons. The lowest BCUT2D eigenvalue weighted by Crippen LogP contribution is -2.12. The van der Waals surface area contributed by atoms with Crippen LogP contribution in [0.3, 0.4) is 0 Å². The molecule has 0 bridgehead atoms. The summed E-state index contributed by atoms with van der Waals surface area (Å²) in [5.74, 6) is -0.332. The summed E-state index contributed by atoms with van der Waals surface area (Å²) in [6.07, 6.45) is 1.41. The second-order valence-electron chi connectivity index (χ2n) is 4.52. The van der Waals surface area contributed by atoms with Crippen molar-refractivity contribution in [1.82, 2.24) is 0 Å². The van der Waals surface area contributed by atoms with E-state index in [9.17, 15) is 4.79 Å². The van der Waals surface area contributed by atoms with Crippen molar-refractivity contribution in [3.05, 3.63) is 59.9 Å². The second kappa shape index (κ2) is 5.02. The molecule has 5 nitrogen and oxygen atoms in total. The average molecular weight is 277 g/mol. The van der Waals surface area contributed by atoms with Crippen molar-refractivity contribution >= 4 is 28.3 Å². The Morgan fingerprint density at radius 3 is 2.86 bits per heavy atom. The lowest BCUT2D eigenvalue weighted by atomic mass is 10.1. The first-order chi connectivity index (χ1) is 10.2. The number of nitrogen functional groups attached to an aromatic ring is 1. The Hall–Kier alpha value is -3.26. The van der Waals surface area contributed by atoms with Gasteiger partial charge in [-0.2, -0.15) is 5.26 Å². The van der Waals surface area contributed by atoms with Crippen LogP contribution < -0.4 is 11.1 Å². The van der Waals surface area contributed by atoms with Crippen LogP contribution in [0.5, 0.6) is 0 Å². The maximum absolute atomic E-state index is 12.3. The number of fused-ring (bicyclic) bond motifs is 1. The third-order valence-electron chi connectivity index (χ3n) is 3.14. The van der Waals surface area contributed by atoms with Gasteiger partial charge in [-0.1, -0.05) is 18.2 Å². The first-order valence-corrected chi connectivity index (χ1v) is 6.26. The number of hydrogen-bond donors (Lipinski definition) is 2. The zero-order valence-corrected chi connectivity index (χ0v) is 11.0. The number of hydrogen-bond acceptors (Lipinski definition) is 4. The van der Waals surface area contributed by atoms with Crippen LogP contribution in [0, 0.1) is 11.3 Å². The predicted octanol–water partition coefficient (Wildman–Crippen LogP) is 3.14. The van der Waals surface area contributed by atoms with Gasteiger partial charge in [0.1, 0.15) is 17.9 Å². The number of nitrogens with zero attached hydrogens (tertiary/aromatic N) is 1. The quantitative estimate of drug-likeness (QED) is 0.704. The minimum Gasteiger partial charge on any atom is -0.463 e. The van der Waals surface area contributed by atoms with Crippen LogP contribution in [-0.2, 0) is 0 Å². The van der Waals surface area contributed by atoms with Crippen molar-refractivity contribution in [2.45, 2.75) is 0 Å². The fraction of sp³-hybridized carbons (Fsp3) is 0. The van der Waals surface area contributed by atoms with Crippen molar-refractivity contribution in [2.75, 3.05) is 11.1 Å². The number of para-hydroxylation sites is 1. The van der Waals surface area contributed by atoms with E-state index in [1.165, 1.54) is 12.3 Å². The van der Waals surface area contributed by atoms with E-state index in [0.29, 0.717) is 28.1 Å². The highest BCUT2D eigenvalue weighted by molar-refractivity contribution is 6.12. The summed E-state index contributed by atoms with van der Waals surface area (Å²) in [7, 11) is 0. The van der Waals surface area contributed by atoms with E-state index in [0.717, 1.165) is 5.39 Å². The minimum atomic E-state index is -0.332. The molecular formula is C16H11N3O2. The summed E-state index contributed by atoms with van der Waals surface area (Å²) in [6, 6.07) is 14.0. The van der Waals surface area contributed by atoms with Gasteiger partial charge in [-0.05, 0) is 24.3 Å². The van der Waals surface area contributed by atoms with Crippen LogP contribution >= 0.6 is 0 Å². The van der Waals surface area contributed by atoms with E-state index in [4.69, 9.17) is 15.4 Å². The van der Waals surface area contributed by atoms with Crippen LogP contribution in [-0.4, -0.2) is 5.91 Å². The average Bonchev–Trinajstić information content (AvgIpc) is 2.93. The van der Waals surface area contributed by atoms with Crippen LogP contribution in [0.1, 0.15) is 15.9 Å². The monoisotopic (exact) mass is 277 g/mol. The van der Waals surface area contributed by atoms with Crippen molar-refractivity contribution in [1.29, 1.82) is 5.26 Å². The number of carbonyl (C=O) groups is 1. The Balaban J connectivity index is 1.96. The first-order valence-electron chi connectivity index (χ1n) is 6.26. The van der Waals surface area contributed by atoms with E-state index in [1.54, 1.807) is 18.2 Å². The molecule has 0 atom stereocenters. The Bertz CT molecular complexity index is 875. The molecule has 0 aliphatic carbocycles. The molecule has 0 fully saturated rings. The van der Waals surface area contributed by atoms with E-state index in [2.05, 4.69) is 5.32 Å². The highest BCUT2D eigenvalue weighted by Gasteiger charge is 2.15. The van der Waals surface area contributed by atoms with Gasteiger partial charge < -0.3 is 15.5 Å². The number of nitrogens with two attached hydrogens (primary N) is 1. The molecule has 3 N–H and O–H groups in total. The number of furan rings is 1. The first kappa shape index (κ1) is 12.8. The van der Waals surface area contributed by atoms with Gasteiger partial charge in [0.25, 0.3) is 5.91 Å². The zero-order chi connectivity index (χ0) is 14.8. The number of nitriles is 1. The predicted molar refractivity (Wildman–Crippen MR) is 79.7 cm³/mol. The summed E-state index contributed by atoms with van der Waals surface area (Å²) in [4.78, 5) is 12.3. The van der Waals surface area contributed by atoms with E-state index in [1.807, 2.05) is 24.3 Å². The molecule has 0 aliphatic rings. The molecular weight excluding hydrogens is 266 g/mol. The van der Waals surface area contributed by atoms with Gasteiger partial charge in [-0.15, -0.1) is 0 Å². The second-order valence-corrected chi connectivity index (χ2v) is 4.52. The van der Waals surface area contributed by atoms with Gasteiger partial charge in [-0.3, -0.25) is 4.79 Å². The number of amides is 1. The van der Waals surface area contributed by atoms with Crippen LogP contribution in [0.4, 0.5) is 11.4 Å². The van der Waals surface area contributed by atoms with Gasteiger partial charge in [0.05, 0.1) is 16.8 Å².